The molecule has 2 heterocycles. The summed E-state index contributed by atoms with van der Waals surface area (Å²) >= 11 is 0. The van der Waals surface area contributed by atoms with Gasteiger partial charge in [0.1, 0.15) is 12.7 Å². The molecule has 0 saturated carbocycles. The first-order chi connectivity index (χ1) is 9.33. The predicted octanol–water partition coefficient (Wildman–Crippen LogP) is 1.79. The standard InChI is InChI=1S/C15H16N2O2/c16-12(9-11-5-3-4-8-17-11)15-10-18-13-6-1-2-7-14(13)19-15/h1-8,12,15H,9-10,16H2/t12-,15-/m1/s1. The van der Waals surface area contributed by atoms with E-state index >= 15 is 0 Å². The van der Waals surface area contributed by atoms with E-state index in [1.54, 1.807) is 6.20 Å². The van der Waals surface area contributed by atoms with Gasteiger partial charge in [-0.3, -0.25) is 4.98 Å². The van der Waals surface area contributed by atoms with Gasteiger partial charge in [-0.1, -0.05) is 18.2 Å². The Kier molecular flexibility index (Phi) is 3.33. The summed E-state index contributed by atoms with van der Waals surface area (Å²) in [6.07, 6.45) is 2.31. The zero-order valence-electron chi connectivity index (χ0n) is 10.5. The van der Waals surface area contributed by atoms with Gasteiger partial charge in [0, 0.05) is 18.3 Å². The first kappa shape index (κ1) is 12.0. The summed E-state index contributed by atoms with van der Waals surface area (Å²) in [4.78, 5) is 4.28. The maximum absolute atomic E-state index is 6.19. The van der Waals surface area contributed by atoms with E-state index in [0.29, 0.717) is 13.0 Å². The molecule has 19 heavy (non-hydrogen) atoms. The number of fused-ring (bicyclic) bond motifs is 1. The average molecular weight is 256 g/mol. The van der Waals surface area contributed by atoms with Crippen molar-refractivity contribution in [3.05, 3.63) is 54.4 Å². The lowest BCUT2D eigenvalue weighted by Crippen LogP contribution is -2.46. The number of hydrogen-bond acceptors (Lipinski definition) is 4. The number of benzene rings is 1. The third-order valence-corrected chi connectivity index (χ3v) is 3.18. The van der Waals surface area contributed by atoms with Gasteiger partial charge in [0.05, 0.1) is 6.04 Å². The Hall–Kier alpha value is -2.07. The van der Waals surface area contributed by atoms with Crippen LogP contribution in [-0.4, -0.2) is 23.7 Å². The van der Waals surface area contributed by atoms with Crippen LogP contribution in [0.4, 0.5) is 0 Å². The van der Waals surface area contributed by atoms with E-state index in [-0.39, 0.29) is 12.1 Å². The molecule has 2 N–H and O–H groups in total. The minimum Gasteiger partial charge on any atom is -0.486 e. The summed E-state index contributed by atoms with van der Waals surface area (Å²) in [7, 11) is 0. The van der Waals surface area contributed by atoms with Crippen molar-refractivity contribution in [1.82, 2.24) is 4.98 Å². The molecule has 0 bridgehead atoms. The molecule has 1 aliphatic rings. The molecule has 0 unspecified atom stereocenters. The topological polar surface area (TPSA) is 57.4 Å². The second-order valence-corrected chi connectivity index (χ2v) is 4.60. The van der Waals surface area contributed by atoms with Crippen LogP contribution in [0.1, 0.15) is 5.69 Å². The van der Waals surface area contributed by atoms with Crippen LogP contribution >= 0.6 is 0 Å². The van der Waals surface area contributed by atoms with Crippen LogP contribution in [0.5, 0.6) is 11.5 Å². The van der Waals surface area contributed by atoms with Gasteiger partial charge in [-0.05, 0) is 24.3 Å². The molecule has 1 aliphatic heterocycles. The summed E-state index contributed by atoms with van der Waals surface area (Å²) in [6.45, 7) is 0.477. The van der Waals surface area contributed by atoms with Crippen molar-refractivity contribution in [2.24, 2.45) is 5.73 Å². The second-order valence-electron chi connectivity index (χ2n) is 4.60. The highest BCUT2D eigenvalue weighted by atomic mass is 16.6. The SMILES string of the molecule is N[C@H](Cc1ccccn1)[C@H]1COc2ccccc2O1. The molecule has 4 heteroatoms. The van der Waals surface area contributed by atoms with Crippen molar-refractivity contribution >= 4 is 0 Å². The van der Waals surface area contributed by atoms with Gasteiger partial charge < -0.3 is 15.2 Å². The zero-order valence-corrected chi connectivity index (χ0v) is 10.5. The van der Waals surface area contributed by atoms with E-state index in [1.165, 1.54) is 0 Å². The van der Waals surface area contributed by atoms with Gasteiger partial charge in [-0.15, -0.1) is 0 Å². The molecule has 2 atom stereocenters. The number of para-hydroxylation sites is 2. The molecular formula is C15H16N2O2. The van der Waals surface area contributed by atoms with Crippen molar-refractivity contribution < 1.29 is 9.47 Å². The molecule has 1 aromatic carbocycles. The highest BCUT2D eigenvalue weighted by Crippen LogP contribution is 2.31. The smallest absolute Gasteiger partial charge is 0.161 e. The van der Waals surface area contributed by atoms with E-state index < -0.39 is 0 Å². The molecule has 0 fully saturated rings. The normalized spacial score (nSPS) is 18.9. The van der Waals surface area contributed by atoms with E-state index in [2.05, 4.69) is 4.98 Å². The van der Waals surface area contributed by atoms with Gasteiger partial charge >= 0.3 is 0 Å². The number of nitrogens with zero attached hydrogens (tertiary/aromatic N) is 1. The quantitative estimate of drug-likeness (QED) is 0.909. The summed E-state index contributed by atoms with van der Waals surface area (Å²) in [5.41, 5.74) is 7.16. The van der Waals surface area contributed by atoms with Gasteiger partial charge in [0.15, 0.2) is 11.5 Å². The number of nitrogens with two attached hydrogens (primary N) is 1. The fraction of sp³-hybridized carbons (Fsp3) is 0.267. The molecule has 0 spiro atoms. The van der Waals surface area contributed by atoms with Crippen LogP contribution in [0.15, 0.2) is 48.7 Å². The van der Waals surface area contributed by atoms with Crippen molar-refractivity contribution in [2.45, 2.75) is 18.6 Å². The highest BCUT2D eigenvalue weighted by Gasteiger charge is 2.26. The molecular weight excluding hydrogens is 240 g/mol. The Bertz CT molecular complexity index is 545. The van der Waals surface area contributed by atoms with Crippen LogP contribution in [-0.2, 0) is 6.42 Å². The molecule has 2 aromatic rings. The minimum atomic E-state index is -0.142. The van der Waals surface area contributed by atoms with Crippen molar-refractivity contribution in [1.29, 1.82) is 0 Å². The van der Waals surface area contributed by atoms with Crippen LogP contribution in [0, 0.1) is 0 Å². The number of hydrogen-bond donors (Lipinski definition) is 1. The molecule has 0 saturated heterocycles. The molecule has 0 amide bonds. The highest BCUT2D eigenvalue weighted by molar-refractivity contribution is 5.40. The van der Waals surface area contributed by atoms with Gasteiger partial charge in [-0.2, -0.15) is 0 Å². The maximum Gasteiger partial charge on any atom is 0.161 e. The Morgan fingerprint density at radius 3 is 2.74 bits per heavy atom. The second kappa shape index (κ2) is 5.28. The molecule has 98 valence electrons. The number of pyridine rings is 1. The van der Waals surface area contributed by atoms with E-state index in [0.717, 1.165) is 17.2 Å². The van der Waals surface area contributed by atoms with Crippen molar-refractivity contribution in [3.63, 3.8) is 0 Å². The first-order valence-electron chi connectivity index (χ1n) is 6.37. The summed E-state index contributed by atoms with van der Waals surface area (Å²) in [5.74, 6) is 1.54. The third kappa shape index (κ3) is 2.69. The number of rotatable bonds is 3. The van der Waals surface area contributed by atoms with Crippen LogP contribution < -0.4 is 15.2 Å². The summed E-state index contributed by atoms with van der Waals surface area (Å²) < 4.78 is 11.6. The first-order valence-corrected chi connectivity index (χ1v) is 6.37. The zero-order chi connectivity index (χ0) is 13.1. The largest absolute Gasteiger partial charge is 0.486 e. The van der Waals surface area contributed by atoms with Crippen molar-refractivity contribution in [3.8, 4) is 11.5 Å². The fourth-order valence-electron chi connectivity index (χ4n) is 2.14. The van der Waals surface area contributed by atoms with E-state index in [4.69, 9.17) is 15.2 Å². The lowest BCUT2D eigenvalue weighted by Gasteiger charge is -2.30. The molecule has 0 radical (unpaired) electrons. The lowest BCUT2D eigenvalue weighted by atomic mass is 10.1. The predicted molar refractivity (Wildman–Crippen MR) is 72.3 cm³/mol. The third-order valence-electron chi connectivity index (χ3n) is 3.18. The average Bonchev–Trinajstić information content (AvgIpc) is 2.48. The maximum atomic E-state index is 6.19. The Morgan fingerprint density at radius 1 is 1.16 bits per heavy atom. The summed E-state index contributed by atoms with van der Waals surface area (Å²) in [6, 6.07) is 13.3. The van der Waals surface area contributed by atoms with E-state index in [1.807, 2.05) is 42.5 Å². The van der Waals surface area contributed by atoms with Gasteiger partial charge in [0.25, 0.3) is 0 Å². The Balaban J connectivity index is 1.68. The molecule has 1 aromatic heterocycles. The minimum absolute atomic E-state index is 0.136. The fourth-order valence-corrected chi connectivity index (χ4v) is 2.14. The van der Waals surface area contributed by atoms with Crippen LogP contribution in [0.2, 0.25) is 0 Å². The molecule has 0 aliphatic carbocycles. The number of aromatic nitrogens is 1. The van der Waals surface area contributed by atoms with Crippen LogP contribution in [0.3, 0.4) is 0 Å². The lowest BCUT2D eigenvalue weighted by molar-refractivity contribution is 0.0720. The van der Waals surface area contributed by atoms with Gasteiger partial charge in [-0.25, -0.2) is 0 Å². The van der Waals surface area contributed by atoms with Crippen molar-refractivity contribution in [2.75, 3.05) is 6.61 Å². The molecule has 3 rings (SSSR count). The van der Waals surface area contributed by atoms with E-state index in [9.17, 15) is 0 Å². The molecule has 4 nitrogen and oxygen atoms in total. The van der Waals surface area contributed by atoms with Gasteiger partial charge in [0.2, 0.25) is 0 Å². The Labute approximate surface area is 112 Å². The Morgan fingerprint density at radius 2 is 1.95 bits per heavy atom. The van der Waals surface area contributed by atoms with Crippen LogP contribution in [0.25, 0.3) is 0 Å². The summed E-state index contributed by atoms with van der Waals surface area (Å²) in [5, 5.41) is 0. The number of ether oxygens (including phenoxy) is 2. The monoisotopic (exact) mass is 256 g/mol.